The number of nitrogens with zero attached hydrogens (tertiary/aromatic N) is 2. The summed E-state index contributed by atoms with van der Waals surface area (Å²) in [6.45, 7) is 2.82. The Morgan fingerprint density at radius 2 is 2.08 bits per heavy atom. The van der Waals surface area contributed by atoms with Crippen LogP contribution in [-0.2, 0) is 17.8 Å². The van der Waals surface area contributed by atoms with E-state index < -0.39 is 11.6 Å². The van der Waals surface area contributed by atoms with Gasteiger partial charge < -0.3 is 9.88 Å². The van der Waals surface area contributed by atoms with Crippen LogP contribution in [0.4, 0.5) is 8.78 Å². The molecule has 1 aromatic carbocycles. The number of nitrogens with one attached hydrogen (secondary N) is 1. The highest BCUT2D eigenvalue weighted by molar-refractivity contribution is 5.76. The van der Waals surface area contributed by atoms with Crippen molar-refractivity contribution in [3.8, 4) is 11.4 Å². The van der Waals surface area contributed by atoms with Gasteiger partial charge in [0.1, 0.15) is 5.82 Å². The van der Waals surface area contributed by atoms with Crippen molar-refractivity contribution in [1.82, 2.24) is 14.9 Å². The lowest BCUT2D eigenvalue weighted by molar-refractivity contribution is -0.132. The predicted molar refractivity (Wildman–Crippen MR) is 93.5 cm³/mol. The van der Waals surface area contributed by atoms with Crippen LogP contribution in [-0.4, -0.2) is 27.3 Å². The molecule has 5 nitrogen and oxygen atoms in total. The number of aromatic nitrogens is 2. The Bertz CT molecular complexity index is 880. The summed E-state index contributed by atoms with van der Waals surface area (Å²) in [4.78, 5) is 33.4. The number of H-pyrrole nitrogens is 1. The average molecular weight is 361 g/mol. The average Bonchev–Trinajstić information content (AvgIpc) is 2.63. The van der Waals surface area contributed by atoms with Gasteiger partial charge in [0, 0.05) is 24.9 Å². The van der Waals surface area contributed by atoms with Crippen LogP contribution in [0, 0.1) is 11.6 Å². The number of unbranched alkanes of at least 4 members (excludes halogenated alkanes) is 2. The van der Waals surface area contributed by atoms with E-state index in [1.807, 2.05) is 0 Å². The van der Waals surface area contributed by atoms with Crippen molar-refractivity contribution in [3.63, 3.8) is 0 Å². The van der Waals surface area contributed by atoms with Crippen LogP contribution in [0.2, 0.25) is 0 Å². The van der Waals surface area contributed by atoms with Crippen molar-refractivity contribution < 1.29 is 13.6 Å². The topological polar surface area (TPSA) is 66.1 Å². The van der Waals surface area contributed by atoms with Crippen molar-refractivity contribution in [1.29, 1.82) is 0 Å². The van der Waals surface area contributed by atoms with Crippen molar-refractivity contribution in [2.45, 2.75) is 45.6 Å². The van der Waals surface area contributed by atoms with E-state index in [2.05, 4.69) is 16.9 Å². The van der Waals surface area contributed by atoms with Crippen LogP contribution < -0.4 is 5.56 Å². The molecule has 26 heavy (non-hydrogen) atoms. The number of carbonyl (C=O) groups is 1. The van der Waals surface area contributed by atoms with E-state index >= 15 is 0 Å². The van der Waals surface area contributed by atoms with Crippen LogP contribution in [0.15, 0.2) is 23.0 Å². The number of carbonyl (C=O) groups excluding carboxylic acids is 1. The molecular weight excluding hydrogens is 340 g/mol. The highest BCUT2D eigenvalue weighted by atomic mass is 19.2. The maximum atomic E-state index is 13.4. The number of fused-ring (bicyclic) bond motifs is 1. The molecule has 0 aliphatic carbocycles. The first kappa shape index (κ1) is 18.2. The minimum absolute atomic E-state index is 0.0492. The van der Waals surface area contributed by atoms with Gasteiger partial charge in [-0.05, 0) is 24.6 Å². The molecule has 1 aliphatic heterocycles. The van der Waals surface area contributed by atoms with Gasteiger partial charge in [-0.2, -0.15) is 0 Å². The van der Waals surface area contributed by atoms with Crippen LogP contribution in [0.25, 0.3) is 11.4 Å². The molecule has 0 radical (unpaired) electrons. The summed E-state index contributed by atoms with van der Waals surface area (Å²) in [5.41, 5.74) is 1.03. The van der Waals surface area contributed by atoms with Crippen molar-refractivity contribution >= 4 is 5.91 Å². The summed E-state index contributed by atoms with van der Waals surface area (Å²) in [6, 6.07) is 3.38. The van der Waals surface area contributed by atoms with E-state index in [0.717, 1.165) is 31.4 Å². The number of rotatable bonds is 5. The largest absolute Gasteiger partial charge is 0.338 e. The SMILES string of the molecule is CCCCCC(=O)N1CCc2nc(-c3ccc(F)c(F)c3)[nH]c(=O)c2C1. The van der Waals surface area contributed by atoms with E-state index in [1.54, 1.807) is 4.90 Å². The van der Waals surface area contributed by atoms with Crippen molar-refractivity contribution in [2.24, 2.45) is 0 Å². The smallest absolute Gasteiger partial charge is 0.256 e. The summed E-state index contributed by atoms with van der Waals surface area (Å²) in [7, 11) is 0. The molecule has 1 aliphatic rings. The summed E-state index contributed by atoms with van der Waals surface area (Å²) in [6.07, 6.45) is 3.86. The lowest BCUT2D eigenvalue weighted by Gasteiger charge is -2.28. The molecule has 7 heteroatoms. The molecule has 0 unspecified atom stereocenters. The third-order valence-electron chi connectivity index (χ3n) is 4.61. The molecule has 0 bridgehead atoms. The molecule has 2 aromatic rings. The number of benzene rings is 1. The zero-order valence-electron chi connectivity index (χ0n) is 14.6. The zero-order valence-corrected chi connectivity index (χ0v) is 14.6. The number of aromatic amines is 1. The summed E-state index contributed by atoms with van der Waals surface area (Å²) < 4.78 is 26.5. The molecule has 1 aromatic heterocycles. The van der Waals surface area contributed by atoms with E-state index in [1.165, 1.54) is 6.07 Å². The standard InChI is InChI=1S/C19H21F2N3O2/c1-2-3-4-5-17(25)24-9-8-16-13(11-24)19(26)23-18(22-16)12-6-7-14(20)15(21)10-12/h6-7,10H,2-5,8-9,11H2,1H3,(H,22,23,26). The van der Waals surface area contributed by atoms with Crippen LogP contribution in [0.5, 0.6) is 0 Å². The van der Waals surface area contributed by atoms with Gasteiger partial charge >= 0.3 is 0 Å². The molecule has 0 atom stereocenters. The van der Waals surface area contributed by atoms with E-state index in [0.29, 0.717) is 36.2 Å². The molecule has 2 heterocycles. The fourth-order valence-electron chi connectivity index (χ4n) is 3.10. The summed E-state index contributed by atoms with van der Waals surface area (Å²) >= 11 is 0. The molecule has 0 fully saturated rings. The van der Waals surface area contributed by atoms with Gasteiger partial charge in [0.15, 0.2) is 11.6 Å². The first-order valence-electron chi connectivity index (χ1n) is 8.85. The monoisotopic (exact) mass is 361 g/mol. The minimum Gasteiger partial charge on any atom is -0.338 e. The molecule has 0 saturated heterocycles. The normalized spacial score (nSPS) is 13.6. The quantitative estimate of drug-likeness (QED) is 0.832. The highest BCUT2D eigenvalue weighted by Crippen LogP contribution is 2.21. The highest BCUT2D eigenvalue weighted by Gasteiger charge is 2.24. The Hall–Kier alpha value is -2.57. The van der Waals surface area contributed by atoms with E-state index in [4.69, 9.17) is 0 Å². The van der Waals surface area contributed by atoms with E-state index in [9.17, 15) is 18.4 Å². The van der Waals surface area contributed by atoms with Crippen LogP contribution in [0.3, 0.4) is 0 Å². The van der Waals surface area contributed by atoms with Gasteiger partial charge in [-0.3, -0.25) is 9.59 Å². The Morgan fingerprint density at radius 3 is 2.81 bits per heavy atom. The maximum Gasteiger partial charge on any atom is 0.256 e. The third kappa shape index (κ3) is 3.81. The second-order valence-electron chi connectivity index (χ2n) is 6.49. The van der Waals surface area contributed by atoms with Gasteiger partial charge in [0.05, 0.1) is 17.8 Å². The number of hydrogen-bond acceptors (Lipinski definition) is 3. The minimum atomic E-state index is -0.994. The molecule has 138 valence electrons. The predicted octanol–water partition coefficient (Wildman–Crippen LogP) is 3.18. The fourth-order valence-corrected chi connectivity index (χ4v) is 3.10. The second kappa shape index (κ2) is 7.76. The first-order chi connectivity index (χ1) is 12.5. The van der Waals surface area contributed by atoms with Crippen molar-refractivity contribution in [3.05, 3.63) is 51.4 Å². The summed E-state index contributed by atoms with van der Waals surface area (Å²) in [5.74, 6) is -1.69. The molecule has 0 spiro atoms. The van der Waals surface area contributed by atoms with Gasteiger partial charge in [0.25, 0.3) is 5.56 Å². The Labute approximate surface area is 150 Å². The number of amides is 1. The third-order valence-corrected chi connectivity index (χ3v) is 4.61. The number of hydrogen-bond donors (Lipinski definition) is 1. The second-order valence-corrected chi connectivity index (χ2v) is 6.49. The molecular formula is C19H21F2N3O2. The Balaban J connectivity index is 1.81. The molecule has 3 rings (SSSR count). The van der Waals surface area contributed by atoms with Gasteiger partial charge in [-0.15, -0.1) is 0 Å². The van der Waals surface area contributed by atoms with Crippen molar-refractivity contribution in [2.75, 3.05) is 6.54 Å². The van der Waals surface area contributed by atoms with Gasteiger partial charge in [-0.25, -0.2) is 13.8 Å². The number of halogens is 2. The lowest BCUT2D eigenvalue weighted by atomic mass is 10.1. The van der Waals surface area contributed by atoms with Crippen LogP contribution in [0.1, 0.15) is 43.9 Å². The van der Waals surface area contributed by atoms with Gasteiger partial charge in [0.2, 0.25) is 5.91 Å². The maximum absolute atomic E-state index is 13.4. The molecule has 0 saturated carbocycles. The Kier molecular flexibility index (Phi) is 5.44. The van der Waals surface area contributed by atoms with Crippen LogP contribution >= 0.6 is 0 Å². The first-order valence-corrected chi connectivity index (χ1v) is 8.85. The fraction of sp³-hybridized carbons (Fsp3) is 0.421. The molecule has 1 N–H and O–H groups in total. The zero-order chi connectivity index (χ0) is 18.7. The van der Waals surface area contributed by atoms with E-state index in [-0.39, 0.29) is 23.8 Å². The lowest BCUT2D eigenvalue weighted by Crippen LogP contribution is -2.39. The van der Waals surface area contributed by atoms with Gasteiger partial charge in [-0.1, -0.05) is 19.8 Å². The Morgan fingerprint density at radius 1 is 1.27 bits per heavy atom. The molecule has 1 amide bonds. The summed E-state index contributed by atoms with van der Waals surface area (Å²) in [5, 5.41) is 0.